The van der Waals surface area contributed by atoms with Crippen molar-refractivity contribution in [1.29, 1.82) is 0 Å². The molecule has 0 amide bonds. The fraction of sp³-hybridized carbons (Fsp3) is 0.438. The largest absolute Gasteiger partial charge is 0.373 e. The lowest BCUT2D eigenvalue weighted by Crippen LogP contribution is -2.29. The number of hydrogen-bond acceptors (Lipinski definition) is 3. The summed E-state index contributed by atoms with van der Waals surface area (Å²) in [5.41, 5.74) is 1.28. The maximum Gasteiger partial charge on any atom is 0.0774 e. The van der Waals surface area contributed by atoms with E-state index in [0.29, 0.717) is 6.10 Å². The Hall–Kier alpha value is -1.45. The van der Waals surface area contributed by atoms with E-state index in [9.17, 15) is 0 Å². The minimum absolute atomic E-state index is 0.234. The standard InChI is InChI=1S/C16H20N2O/c1-11-6-7-15(19-11)16(17-2)13-5-3-4-12-8-9-18-10-14(12)13/h3-5,8-11,15-17H,6-7H2,1-2H3. The summed E-state index contributed by atoms with van der Waals surface area (Å²) in [6.45, 7) is 2.15. The molecule has 3 rings (SSSR count). The summed E-state index contributed by atoms with van der Waals surface area (Å²) in [5, 5.41) is 5.87. The highest BCUT2D eigenvalue weighted by Gasteiger charge is 2.30. The molecular weight excluding hydrogens is 236 g/mol. The summed E-state index contributed by atoms with van der Waals surface area (Å²) in [6, 6.07) is 8.71. The first kappa shape index (κ1) is 12.6. The van der Waals surface area contributed by atoms with Crippen LogP contribution in [-0.4, -0.2) is 24.2 Å². The molecule has 3 heteroatoms. The highest BCUT2D eigenvalue weighted by molar-refractivity contribution is 5.85. The quantitative estimate of drug-likeness (QED) is 0.916. The Bertz CT molecular complexity index is 564. The number of nitrogens with one attached hydrogen (secondary N) is 1. The first-order valence-corrected chi connectivity index (χ1v) is 6.95. The van der Waals surface area contributed by atoms with Gasteiger partial charge in [-0.3, -0.25) is 4.98 Å². The van der Waals surface area contributed by atoms with Crippen LogP contribution in [0, 0.1) is 0 Å². The van der Waals surface area contributed by atoms with Crippen LogP contribution in [0.5, 0.6) is 0 Å². The minimum Gasteiger partial charge on any atom is -0.373 e. The lowest BCUT2D eigenvalue weighted by molar-refractivity contribution is 0.0336. The number of likely N-dealkylation sites (N-methyl/N-ethyl adjacent to an activating group) is 1. The number of nitrogens with zero attached hydrogens (tertiary/aromatic N) is 1. The number of ether oxygens (including phenoxy) is 1. The Morgan fingerprint density at radius 3 is 2.95 bits per heavy atom. The topological polar surface area (TPSA) is 34.2 Å². The average molecular weight is 256 g/mol. The van der Waals surface area contributed by atoms with Crippen molar-refractivity contribution in [2.45, 2.75) is 38.0 Å². The van der Waals surface area contributed by atoms with Gasteiger partial charge in [-0.15, -0.1) is 0 Å². The van der Waals surface area contributed by atoms with E-state index < -0.39 is 0 Å². The zero-order valence-corrected chi connectivity index (χ0v) is 11.5. The van der Waals surface area contributed by atoms with Gasteiger partial charge in [0.05, 0.1) is 18.2 Å². The molecule has 0 radical (unpaired) electrons. The molecule has 3 nitrogen and oxygen atoms in total. The summed E-state index contributed by atoms with van der Waals surface area (Å²) >= 11 is 0. The normalized spacial score (nSPS) is 24.7. The summed E-state index contributed by atoms with van der Waals surface area (Å²) in [6.07, 6.45) is 6.68. The molecule has 1 aromatic heterocycles. The maximum atomic E-state index is 6.03. The van der Waals surface area contributed by atoms with Gasteiger partial charge < -0.3 is 10.1 Å². The van der Waals surface area contributed by atoms with Gasteiger partial charge in [-0.2, -0.15) is 0 Å². The van der Waals surface area contributed by atoms with Crippen molar-refractivity contribution in [2.75, 3.05) is 7.05 Å². The molecule has 0 saturated carbocycles. The van der Waals surface area contributed by atoms with Crippen molar-refractivity contribution < 1.29 is 4.74 Å². The zero-order chi connectivity index (χ0) is 13.2. The van der Waals surface area contributed by atoms with Crippen LogP contribution in [0.1, 0.15) is 31.4 Å². The molecule has 3 atom stereocenters. The van der Waals surface area contributed by atoms with Gasteiger partial charge in [-0.1, -0.05) is 18.2 Å². The van der Waals surface area contributed by atoms with E-state index in [4.69, 9.17) is 4.74 Å². The highest BCUT2D eigenvalue weighted by Crippen LogP contribution is 2.33. The van der Waals surface area contributed by atoms with Crippen LogP contribution in [0.4, 0.5) is 0 Å². The van der Waals surface area contributed by atoms with Gasteiger partial charge in [0.15, 0.2) is 0 Å². The van der Waals surface area contributed by atoms with E-state index in [0.717, 1.165) is 12.8 Å². The van der Waals surface area contributed by atoms with Gasteiger partial charge >= 0.3 is 0 Å². The Balaban J connectivity index is 2.01. The maximum absolute atomic E-state index is 6.03. The van der Waals surface area contributed by atoms with Gasteiger partial charge in [0.2, 0.25) is 0 Å². The molecule has 0 aliphatic carbocycles. The highest BCUT2D eigenvalue weighted by atomic mass is 16.5. The second kappa shape index (κ2) is 5.27. The molecule has 2 aromatic rings. The van der Waals surface area contributed by atoms with Crippen LogP contribution in [0.3, 0.4) is 0 Å². The van der Waals surface area contributed by atoms with Gasteiger partial charge in [0, 0.05) is 17.8 Å². The van der Waals surface area contributed by atoms with Crippen LogP contribution in [0.2, 0.25) is 0 Å². The Morgan fingerprint density at radius 2 is 2.21 bits per heavy atom. The zero-order valence-electron chi connectivity index (χ0n) is 11.5. The first-order valence-electron chi connectivity index (χ1n) is 6.95. The van der Waals surface area contributed by atoms with E-state index in [1.165, 1.54) is 16.3 Å². The van der Waals surface area contributed by atoms with Crippen LogP contribution in [0.25, 0.3) is 10.8 Å². The molecule has 3 unspecified atom stereocenters. The van der Waals surface area contributed by atoms with Crippen molar-refractivity contribution in [3.63, 3.8) is 0 Å². The second-order valence-corrected chi connectivity index (χ2v) is 5.27. The Morgan fingerprint density at radius 1 is 1.32 bits per heavy atom. The van der Waals surface area contributed by atoms with Crippen LogP contribution in [0.15, 0.2) is 36.7 Å². The summed E-state index contributed by atoms with van der Waals surface area (Å²) in [4.78, 5) is 4.26. The molecule has 1 N–H and O–H groups in total. The summed E-state index contributed by atoms with van der Waals surface area (Å²) < 4.78 is 6.03. The van der Waals surface area contributed by atoms with Crippen LogP contribution < -0.4 is 5.32 Å². The van der Waals surface area contributed by atoms with E-state index in [1.54, 1.807) is 0 Å². The van der Waals surface area contributed by atoms with Crippen molar-refractivity contribution in [3.8, 4) is 0 Å². The number of fused-ring (bicyclic) bond motifs is 1. The molecule has 0 bridgehead atoms. The Kier molecular flexibility index (Phi) is 3.49. The predicted octanol–water partition coefficient (Wildman–Crippen LogP) is 3.06. The van der Waals surface area contributed by atoms with E-state index in [-0.39, 0.29) is 12.1 Å². The second-order valence-electron chi connectivity index (χ2n) is 5.27. The molecule has 19 heavy (non-hydrogen) atoms. The first-order chi connectivity index (χ1) is 9.29. The number of hydrogen-bond donors (Lipinski definition) is 1. The monoisotopic (exact) mass is 256 g/mol. The predicted molar refractivity (Wildman–Crippen MR) is 77.1 cm³/mol. The van der Waals surface area contributed by atoms with Crippen LogP contribution in [-0.2, 0) is 4.74 Å². The lowest BCUT2D eigenvalue weighted by atomic mass is 9.95. The van der Waals surface area contributed by atoms with Crippen molar-refractivity contribution in [2.24, 2.45) is 0 Å². The molecule has 1 saturated heterocycles. The fourth-order valence-corrected chi connectivity index (χ4v) is 3.03. The molecule has 1 aromatic carbocycles. The van der Waals surface area contributed by atoms with E-state index in [2.05, 4.69) is 41.5 Å². The van der Waals surface area contributed by atoms with Gasteiger partial charge in [-0.05, 0) is 43.8 Å². The van der Waals surface area contributed by atoms with E-state index in [1.807, 2.05) is 19.4 Å². The number of rotatable bonds is 3. The van der Waals surface area contributed by atoms with Crippen molar-refractivity contribution in [3.05, 3.63) is 42.2 Å². The summed E-state index contributed by atoms with van der Waals surface area (Å²) in [7, 11) is 2.01. The fourth-order valence-electron chi connectivity index (χ4n) is 3.03. The third kappa shape index (κ3) is 2.36. The SMILES string of the molecule is CNC(c1cccc2ccncc12)C1CCC(C)O1. The smallest absolute Gasteiger partial charge is 0.0774 e. The van der Waals surface area contributed by atoms with Gasteiger partial charge in [0.1, 0.15) is 0 Å². The number of pyridine rings is 1. The lowest BCUT2D eigenvalue weighted by Gasteiger charge is -2.24. The Labute approximate surface area is 114 Å². The molecule has 0 spiro atoms. The molecule has 1 fully saturated rings. The number of aromatic nitrogens is 1. The van der Waals surface area contributed by atoms with Gasteiger partial charge in [-0.25, -0.2) is 0 Å². The van der Waals surface area contributed by atoms with Crippen molar-refractivity contribution >= 4 is 10.8 Å². The van der Waals surface area contributed by atoms with Gasteiger partial charge in [0.25, 0.3) is 0 Å². The molecular formula is C16H20N2O. The number of benzene rings is 1. The molecule has 1 aliphatic rings. The van der Waals surface area contributed by atoms with Crippen LogP contribution >= 0.6 is 0 Å². The molecule has 1 aliphatic heterocycles. The van der Waals surface area contributed by atoms with E-state index >= 15 is 0 Å². The third-order valence-corrected chi connectivity index (χ3v) is 4.00. The minimum atomic E-state index is 0.234. The average Bonchev–Trinajstić information content (AvgIpc) is 2.86. The molecule has 2 heterocycles. The molecule has 100 valence electrons. The van der Waals surface area contributed by atoms with Crippen molar-refractivity contribution in [1.82, 2.24) is 10.3 Å². The summed E-state index contributed by atoms with van der Waals surface area (Å²) in [5.74, 6) is 0. The third-order valence-electron chi connectivity index (χ3n) is 4.00.